The molecule has 3 heteroatoms. The molecule has 0 aliphatic heterocycles. The normalized spacial score (nSPS) is 16.2. The number of anilines is 1. The highest BCUT2D eigenvalue weighted by Crippen LogP contribution is 2.25. The first-order valence-corrected chi connectivity index (χ1v) is 8.46. The SMILES string of the molecule is Cc1nc(-c2ccc(NCC3CCCCC3)cc2)cs1. The summed E-state index contributed by atoms with van der Waals surface area (Å²) >= 11 is 1.71. The highest BCUT2D eigenvalue weighted by molar-refractivity contribution is 7.09. The molecule has 0 radical (unpaired) electrons. The largest absolute Gasteiger partial charge is 0.385 e. The molecule has 1 aliphatic carbocycles. The highest BCUT2D eigenvalue weighted by atomic mass is 32.1. The minimum atomic E-state index is 0.865. The van der Waals surface area contributed by atoms with Crippen LogP contribution in [0.1, 0.15) is 37.1 Å². The van der Waals surface area contributed by atoms with E-state index in [0.29, 0.717) is 0 Å². The quantitative estimate of drug-likeness (QED) is 0.844. The molecule has 2 aromatic rings. The van der Waals surface area contributed by atoms with E-state index in [1.807, 2.05) is 6.92 Å². The molecular weight excluding hydrogens is 264 g/mol. The van der Waals surface area contributed by atoms with Gasteiger partial charge in [0.1, 0.15) is 0 Å². The van der Waals surface area contributed by atoms with Crippen molar-refractivity contribution in [3.05, 3.63) is 34.7 Å². The molecule has 0 unspecified atom stereocenters. The average molecular weight is 286 g/mol. The third-order valence-corrected chi connectivity index (χ3v) is 4.89. The van der Waals surface area contributed by atoms with E-state index < -0.39 is 0 Å². The molecule has 0 saturated heterocycles. The molecule has 1 aromatic carbocycles. The van der Waals surface area contributed by atoms with Gasteiger partial charge in [0.15, 0.2) is 0 Å². The van der Waals surface area contributed by atoms with Crippen molar-refractivity contribution in [1.29, 1.82) is 0 Å². The molecule has 1 fully saturated rings. The number of hydrogen-bond acceptors (Lipinski definition) is 3. The fourth-order valence-electron chi connectivity index (χ4n) is 2.91. The zero-order chi connectivity index (χ0) is 13.8. The average Bonchev–Trinajstić information content (AvgIpc) is 2.93. The first-order valence-electron chi connectivity index (χ1n) is 7.58. The van der Waals surface area contributed by atoms with Gasteiger partial charge in [-0.15, -0.1) is 11.3 Å². The summed E-state index contributed by atoms with van der Waals surface area (Å²) < 4.78 is 0. The summed E-state index contributed by atoms with van der Waals surface area (Å²) in [6.07, 6.45) is 7.04. The Labute approximate surface area is 125 Å². The fraction of sp³-hybridized carbons (Fsp3) is 0.471. The van der Waals surface area contributed by atoms with Crippen LogP contribution in [-0.4, -0.2) is 11.5 Å². The van der Waals surface area contributed by atoms with Crippen LogP contribution in [0.15, 0.2) is 29.6 Å². The fourth-order valence-corrected chi connectivity index (χ4v) is 3.53. The Morgan fingerprint density at radius 3 is 2.55 bits per heavy atom. The van der Waals surface area contributed by atoms with E-state index in [1.54, 1.807) is 11.3 Å². The third kappa shape index (κ3) is 3.40. The van der Waals surface area contributed by atoms with Gasteiger partial charge in [0.05, 0.1) is 10.7 Å². The number of benzene rings is 1. The van der Waals surface area contributed by atoms with Gasteiger partial charge >= 0.3 is 0 Å². The van der Waals surface area contributed by atoms with E-state index in [1.165, 1.54) is 43.4 Å². The maximum absolute atomic E-state index is 4.53. The Kier molecular flexibility index (Phi) is 4.36. The number of aryl methyl sites for hydroxylation is 1. The maximum Gasteiger partial charge on any atom is 0.0901 e. The van der Waals surface area contributed by atoms with Crippen LogP contribution in [0, 0.1) is 12.8 Å². The second kappa shape index (κ2) is 6.40. The zero-order valence-electron chi connectivity index (χ0n) is 12.1. The molecule has 0 amide bonds. The Morgan fingerprint density at radius 1 is 1.15 bits per heavy atom. The molecule has 1 aliphatic rings. The van der Waals surface area contributed by atoms with Crippen molar-refractivity contribution >= 4 is 17.0 Å². The van der Waals surface area contributed by atoms with Crippen LogP contribution in [0.3, 0.4) is 0 Å². The number of nitrogens with zero attached hydrogens (tertiary/aromatic N) is 1. The number of hydrogen-bond donors (Lipinski definition) is 1. The number of thiazole rings is 1. The molecule has 2 nitrogen and oxygen atoms in total. The van der Waals surface area contributed by atoms with E-state index in [4.69, 9.17) is 0 Å². The molecule has 1 N–H and O–H groups in total. The standard InChI is InChI=1S/C17H22N2S/c1-13-19-17(12-20-13)15-7-9-16(10-8-15)18-11-14-5-3-2-4-6-14/h7-10,12,14,18H,2-6,11H2,1H3. The summed E-state index contributed by atoms with van der Waals surface area (Å²) in [6, 6.07) is 8.68. The van der Waals surface area contributed by atoms with Gasteiger partial charge in [0, 0.05) is 23.2 Å². The minimum Gasteiger partial charge on any atom is -0.385 e. The number of nitrogens with one attached hydrogen (secondary N) is 1. The molecule has 0 spiro atoms. The lowest BCUT2D eigenvalue weighted by molar-refractivity contribution is 0.373. The van der Waals surface area contributed by atoms with Crippen molar-refractivity contribution < 1.29 is 0 Å². The van der Waals surface area contributed by atoms with Crippen LogP contribution in [0.5, 0.6) is 0 Å². The summed E-state index contributed by atoms with van der Waals surface area (Å²) in [4.78, 5) is 4.53. The van der Waals surface area contributed by atoms with Gasteiger partial charge in [0.2, 0.25) is 0 Å². The van der Waals surface area contributed by atoms with E-state index in [9.17, 15) is 0 Å². The summed E-state index contributed by atoms with van der Waals surface area (Å²) in [5.74, 6) is 0.865. The van der Waals surface area contributed by atoms with Crippen LogP contribution in [0.4, 0.5) is 5.69 Å². The summed E-state index contributed by atoms with van der Waals surface area (Å²) in [5, 5.41) is 6.83. The molecule has 1 saturated carbocycles. The van der Waals surface area contributed by atoms with Gasteiger partial charge in [-0.2, -0.15) is 0 Å². The van der Waals surface area contributed by atoms with Gasteiger partial charge in [-0.05, 0) is 37.8 Å². The van der Waals surface area contributed by atoms with Crippen LogP contribution in [-0.2, 0) is 0 Å². The molecule has 20 heavy (non-hydrogen) atoms. The summed E-state index contributed by atoms with van der Waals surface area (Å²) in [7, 11) is 0. The van der Waals surface area contributed by atoms with Gasteiger partial charge < -0.3 is 5.32 Å². The predicted molar refractivity (Wildman–Crippen MR) is 87.4 cm³/mol. The van der Waals surface area contributed by atoms with Crippen molar-refractivity contribution in [3.8, 4) is 11.3 Å². The van der Waals surface area contributed by atoms with Crippen LogP contribution in [0.2, 0.25) is 0 Å². The first kappa shape index (κ1) is 13.6. The molecule has 0 bridgehead atoms. The van der Waals surface area contributed by atoms with E-state index in [0.717, 1.165) is 23.2 Å². The predicted octanol–water partition coefficient (Wildman–Crippen LogP) is 5.11. The lowest BCUT2D eigenvalue weighted by atomic mass is 9.89. The zero-order valence-corrected chi connectivity index (χ0v) is 12.9. The molecule has 1 aromatic heterocycles. The Hall–Kier alpha value is -1.35. The number of rotatable bonds is 4. The third-order valence-electron chi connectivity index (χ3n) is 4.12. The van der Waals surface area contributed by atoms with Crippen LogP contribution in [0.25, 0.3) is 11.3 Å². The summed E-state index contributed by atoms with van der Waals surface area (Å²) in [6.45, 7) is 3.17. The van der Waals surface area contributed by atoms with Crippen molar-refractivity contribution in [2.24, 2.45) is 5.92 Å². The van der Waals surface area contributed by atoms with Crippen molar-refractivity contribution in [3.63, 3.8) is 0 Å². The molecule has 1 heterocycles. The van der Waals surface area contributed by atoms with E-state index in [-0.39, 0.29) is 0 Å². The molecule has 0 atom stereocenters. The van der Waals surface area contributed by atoms with Crippen molar-refractivity contribution in [2.75, 3.05) is 11.9 Å². The molecular formula is C17H22N2S. The Bertz CT molecular complexity index is 538. The number of aromatic nitrogens is 1. The Balaban J connectivity index is 1.58. The Morgan fingerprint density at radius 2 is 1.90 bits per heavy atom. The topological polar surface area (TPSA) is 24.9 Å². The van der Waals surface area contributed by atoms with Crippen LogP contribution < -0.4 is 5.32 Å². The van der Waals surface area contributed by atoms with Gasteiger partial charge in [-0.3, -0.25) is 0 Å². The van der Waals surface area contributed by atoms with Gasteiger partial charge in [-0.1, -0.05) is 31.4 Å². The van der Waals surface area contributed by atoms with E-state index in [2.05, 4.69) is 39.9 Å². The van der Waals surface area contributed by atoms with Gasteiger partial charge in [-0.25, -0.2) is 4.98 Å². The lowest BCUT2D eigenvalue weighted by Crippen LogP contribution is -2.16. The summed E-state index contributed by atoms with van der Waals surface area (Å²) in [5.41, 5.74) is 3.52. The van der Waals surface area contributed by atoms with Crippen molar-refractivity contribution in [2.45, 2.75) is 39.0 Å². The molecule has 3 rings (SSSR count). The minimum absolute atomic E-state index is 0.865. The second-order valence-corrected chi connectivity index (χ2v) is 6.78. The van der Waals surface area contributed by atoms with Crippen molar-refractivity contribution in [1.82, 2.24) is 4.98 Å². The van der Waals surface area contributed by atoms with Crippen LogP contribution >= 0.6 is 11.3 Å². The first-order chi connectivity index (χ1) is 9.81. The van der Waals surface area contributed by atoms with Gasteiger partial charge in [0.25, 0.3) is 0 Å². The smallest absolute Gasteiger partial charge is 0.0901 e. The lowest BCUT2D eigenvalue weighted by Gasteiger charge is -2.22. The maximum atomic E-state index is 4.53. The van der Waals surface area contributed by atoms with E-state index >= 15 is 0 Å². The molecule has 106 valence electrons. The highest BCUT2D eigenvalue weighted by Gasteiger charge is 2.12. The monoisotopic (exact) mass is 286 g/mol. The second-order valence-electron chi connectivity index (χ2n) is 5.71.